The Balaban J connectivity index is 2.07. The van der Waals surface area contributed by atoms with Gasteiger partial charge < -0.3 is 5.32 Å². The first-order chi connectivity index (χ1) is 10.1. The van der Waals surface area contributed by atoms with Crippen LogP contribution in [0, 0.1) is 13.8 Å². The Kier molecular flexibility index (Phi) is 5.94. The summed E-state index contributed by atoms with van der Waals surface area (Å²) in [5.41, 5.74) is 4.91. The van der Waals surface area contributed by atoms with Crippen molar-refractivity contribution in [1.82, 2.24) is 20.1 Å². The maximum Gasteiger partial charge on any atom is 0.0678 e. The van der Waals surface area contributed by atoms with Crippen LogP contribution in [0.25, 0.3) is 0 Å². The molecule has 0 saturated heterocycles. The van der Waals surface area contributed by atoms with E-state index in [0.717, 1.165) is 41.8 Å². The highest BCUT2D eigenvalue weighted by atomic mass is 79.9. The van der Waals surface area contributed by atoms with E-state index in [1.807, 2.05) is 6.20 Å². The van der Waals surface area contributed by atoms with Gasteiger partial charge in [-0.15, -0.1) is 0 Å². The van der Waals surface area contributed by atoms with Gasteiger partial charge in [0.15, 0.2) is 0 Å². The van der Waals surface area contributed by atoms with Gasteiger partial charge in [-0.05, 0) is 72.9 Å². The summed E-state index contributed by atoms with van der Waals surface area (Å²) in [5, 5.41) is 8.13. The molecule has 5 heteroatoms. The van der Waals surface area contributed by atoms with Gasteiger partial charge in [0.25, 0.3) is 0 Å². The lowest BCUT2D eigenvalue weighted by Gasteiger charge is -2.06. The Bertz CT molecular complexity index is 592. The molecular weight excluding hydrogens is 328 g/mol. The zero-order chi connectivity index (χ0) is 15.2. The summed E-state index contributed by atoms with van der Waals surface area (Å²) in [6.45, 7) is 9.29. The van der Waals surface area contributed by atoms with Crippen LogP contribution in [0.15, 0.2) is 22.9 Å². The number of nitrogens with zero attached hydrogens (tertiary/aromatic N) is 3. The third-order valence-corrected chi connectivity index (χ3v) is 4.04. The zero-order valence-electron chi connectivity index (χ0n) is 13.0. The molecule has 114 valence electrons. The van der Waals surface area contributed by atoms with Crippen molar-refractivity contribution in [3.05, 3.63) is 45.4 Å². The molecule has 0 atom stereocenters. The Hall–Kier alpha value is -1.20. The van der Waals surface area contributed by atoms with Gasteiger partial charge in [-0.2, -0.15) is 5.10 Å². The van der Waals surface area contributed by atoms with Crippen LogP contribution in [-0.4, -0.2) is 27.9 Å². The summed E-state index contributed by atoms with van der Waals surface area (Å²) < 4.78 is 3.08. The highest BCUT2D eigenvalue weighted by Gasteiger charge is 2.11. The summed E-state index contributed by atoms with van der Waals surface area (Å²) in [6, 6.07) is 2.09. The SMILES string of the molecule is CCCNCCc1c(C)nn(Cc2cncc(Br)c2)c1C. The standard InChI is InChI=1S/C16H23BrN4/c1-4-6-18-7-5-16-12(2)20-21(13(16)3)11-14-8-15(17)10-19-9-14/h8-10,18H,4-7,11H2,1-3H3. The average molecular weight is 351 g/mol. The smallest absolute Gasteiger partial charge is 0.0678 e. The molecule has 2 heterocycles. The largest absolute Gasteiger partial charge is 0.316 e. The molecule has 0 amide bonds. The molecule has 2 rings (SSSR count). The zero-order valence-corrected chi connectivity index (χ0v) is 14.6. The third-order valence-electron chi connectivity index (χ3n) is 3.60. The molecule has 21 heavy (non-hydrogen) atoms. The van der Waals surface area contributed by atoms with Crippen LogP contribution >= 0.6 is 15.9 Å². The molecule has 2 aromatic rings. The van der Waals surface area contributed by atoms with Gasteiger partial charge >= 0.3 is 0 Å². The van der Waals surface area contributed by atoms with E-state index in [0.29, 0.717) is 0 Å². The second-order valence-corrected chi connectivity index (χ2v) is 6.23. The summed E-state index contributed by atoms with van der Waals surface area (Å²) in [7, 11) is 0. The number of nitrogens with one attached hydrogen (secondary N) is 1. The quantitative estimate of drug-likeness (QED) is 0.779. The van der Waals surface area contributed by atoms with Gasteiger partial charge in [0.2, 0.25) is 0 Å². The fraction of sp³-hybridized carbons (Fsp3) is 0.500. The average Bonchev–Trinajstić information content (AvgIpc) is 2.70. The van der Waals surface area contributed by atoms with Crippen LogP contribution in [0.3, 0.4) is 0 Å². The number of aromatic nitrogens is 3. The number of pyridine rings is 1. The van der Waals surface area contributed by atoms with Crippen LogP contribution < -0.4 is 5.32 Å². The van der Waals surface area contributed by atoms with E-state index in [4.69, 9.17) is 0 Å². The van der Waals surface area contributed by atoms with Crippen LogP contribution in [0.5, 0.6) is 0 Å². The summed E-state index contributed by atoms with van der Waals surface area (Å²) >= 11 is 3.46. The number of aryl methyl sites for hydroxylation is 1. The van der Waals surface area contributed by atoms with E-state index in [2.05, 4.69) is 62.8 Å². The molecule has 0 saturated carbocycles. The van der Waals surface area contributed by atoms with Crippen molar-refractivity contribution >= 4 is 15.9 Å². The van der Waals surface area contributed by atoms with Crippen molar-refractivity contribution in [1.29, 1.82) is 0 Å². The minimum atomic E-state index is 0.765. The Morgan fingerprint density at radius 2 is 2.05 bits per heavy atom. The maximum atomic E-state index is 4.68. The van der Waals surface area contributed by atoms with Crippen molar-refractivity contribution in [2.24, 2.45) is 0 Å². The number of halogens is 1. The van der Waals surface area contributed by atoms with Crippen LogP contribution in [0.2, 0.25) is 0 Å². The Morgan fingerprint density at radius 1 is 1.24 bits per heavy atom. The molecule has 0 fully saturated rings. The lowest BCUT2D eigenvalue weighted by atomic mass is 10.1. The second-order valence-electron chi connectivity index (χ2n) is 5.32. The van der Waals surface area contributed by atoms with Crippen molar-refractivity contribution in [2.75, 3.05) is 13.1 Å². The van der Waals surface area contributed by atoms with Crippen molar-refractivity contribution < 1.29 is 0 Å². The van der Waals surface area contributed by atoms with E-state index in [9.17, 15) is 0 Å². The fourth-order valence-electron chi connectivity index (χ4n) is 2.48. The van der Waals surface area contributed by atoms with E-state index in [1.165, 1.54) is 17.7 Å². The number of hydrogen-bond acceptors (Lipinski definition) is 3. The predicted octanol–water partition coefficient (Wildman–Crippen LogP) is 3.25. The topological polar surface area (TPSA) is 42.7 Å². The summed E-state index contributed by atoms with van der Waals surface area (Å²) in [4.78, 5) is 4.21. The first kappa shape index (κ1) is 16.2. The molecule has 0 aliphatic carbocycles. The van der Waals surface area contributed by atoms with E-state index < -0.39 is 0 Å². The normalized spacial score (nSPS) is 11.0. The molecule has 0 radical (unpaired) electrons. The summed E-state index contributed by atoms with van der Waals surface area (Å²) in [5.74, 6) is 0. The monoisotopic (exact) mass is 350 g/mol. The molecule has 2 aromatic heterocycles. The van der Waals surface area contributed by atoms with Gasteiger partial charge in [-0.3, -0.25) is 9.67 Å². The minimum absolute atomic E-state index is 0.765. The van der Waals surface area contributed by atoms with Gasteiger partial charge in [-0.25, -0.2) is 0 Å². The Labute approximate surface area is 135 Å². The van der Waals surface area contributed by atoms with E-state index in [-0.39, 0.29) is 0 Å². The van der Waals surface area contributed by atoms with Gasteiger partial charge in [0.1, 0.15) is 0 Å². The fourth-order valence-corrected chi connectivity index (χ4v) is 2.89. The molecule has 0 aliphatic heterocycles. The first-order valence-electron chi connectivity index (χ1n) is 7.44. The number of hydrogen-bond donors (Lipinski definition) is 1. The second kappa shape index (κ2) is 7.71. The number of rotatable bonds is 7. The van der Waals surface area contributed by atoms with Crippen molar-refractivity contribution in [3.8, 4) is 0 Å². The molecule has 0 bridgehead atoms. The third kappa shape index (κ3) is 4.38. The molecule has 0 unspecified atom stereocenters. The van der Waals surface area contributed by atoms with Gasteiger partial charge in [0.05, 0.1) is 12.2 Å². The molecule has 1 N–H and O–H groups in total. The predicted molar refractivity (Wildman–Crippen MR) is 89.6 cm³/mol. The first-order valence-corrected chi connectivity index (χ1v) is 8.24. The van der Waals surface area contributed by atoms with Crippen molar-refractivity contribution in [2.45, 2.75) is 40.2 Å². The lowest BCUT2D eigenvalue weighted by Crippen LogP contribution is -2.18. The summed E-state index contributed by atoms with van der Waals surface area (Å²) in [6.07, 6.45) is 5.90. The Morgan fingerprint density at radius 3 is 2.76 bits per heavy atom. The van der Waals surface area contributed by atoms with Crippen LogP contribution in [0.4, 0.5) is 0 Å². The molecule has 0 aromatic carbocycles. The van der Waals surface area contributed by atoms with Crippen LogP contribution in [0.1, 0.15) is 35.9 Å². The highest BCUT2D eigenvalue weighted by molar-refractivity contribution is 9.10. The molecule has 0 aliphatic rings. The highest BCUT2D eigenvalue weighted by Crippen LogP contribution is 2.16. The molecule has 0 spiro atoms. The molecular formula is C16H23BrN4. The minimum Gasteiger partial charge on any atom is -0.316 e. The van der Waals surface area contributed by atoms with E-state index in [1.54, 1.807) is 6.20 Å². The molecule has 4 nitrogen and oxygen atoms in total. The van der Waals surface area contributed by atoms with Gasteiger partial charge in [-0.1, -0.05) is 6.92 Å². The lowest BCUT2D eigenvalue weighted by molar-refractivity contribution is 0.651. The van der Waals surface area contributed by atoms with Crippen molar-refractivity contribution in [3.63, 3.8) is 0 Å². The van der Waals surface area contributed by atoms with Gasteiger partial charge in [0, 0.05) is 22.6 Å². The van der Waals surface area contributed by atoms with Crippen LogP contribution in [-0.2, 0) is 13.0 Å². The van der Waals surface area contributed by atoms with E-state index >= 15 is 0 Å². The maximum absolute atomic E-state index is 4.68.